The van der Waals surface area contributed by atoms with Crippen LogP contribution in [0.1, 0.15) is 35.0 Å². The second-order valence-corrected chi connectivity index (χ2v) is 7.84. The van der Waals surface area contributed by atoms with Crippen molar-refractivity contribution in [2.75, 3.05) is 14.1 Å². The van der Waals surface area contributed by atoms with E-state index in [1.807, 2.05) is 0 Å². The van der Waals surface area contributed by atoms with Crippen molar-refractivity contribution in [1.82, 2.24) is 4.90 Å². The molecule has 0 radical (unpaired) electrons. The lowest BCUT2D eigenvalue weighted by Gasteiger charge is -2.43. The predicted molar refractivity (Wildman–Crippen MR) is 97.2 cm³/mol. The fourth-order valence-electron chi connectivity index (χ4n) is 3.58. The molecule has 0 saturated carbocycles. The molecule has 1 heterocycles. The number of hydrogen-bond acceptors (Lipinski definition) is 2. The summed E-state index contributed by atoms with van der Waals surface area (Å²) in [5.41, 5.74) is 2.93. The van der Waals surface area contributed by atoms with Crippen LogP contribution in [-0.2, 0) is 0 Å². The van der Waals surface area contributed by atoms with Gasteiger partial charge in [0.15, 0.2) is 0 Å². The normalized spacial score (nSPS) is 28.7. The zero-order valence-corrected chi connectivity index (χ0v) is 14.5. The maximum atomic E-state index is 2.41. The Hall–Kier alpha value is -1.25. The predicted octanol–water partition coefficient (Wildman–Crippen LogP) is 5.17. The molecule has 1 aliphatic heterocycles. The summed E-state index contributed by atoms with van der Waals surface area (Å²) in [5.74, 6) is 0.655. The molecule has 0 unspecified atom stereocenters. The first-order valence-electron chi connectivity index (χ1n) is 8.08. The van der Waals surface area contributed by atoms with Gasteiger partial charge in [0.25, 0.3) is 0 Å². The fraction of sp³-hybridized carbons (Fsp3) is 0.400. The number of rotatable bonds is 3. The maximum absolute atomic E-state index is 2.41. The van der Waals surface area contributed by atoms with Crippen LogP contribution in [0.2, 0.25) is 0 Å². The minimum absolute atomic E-state index is 0.563. The lowest BCUT2D eigenvalue weighted by atomic mass is 9.87. The van der Waals surface area contributed by atoms with Gasteiger partial charge in [-0.3, -0.25) is 0 Å². The van der Waals surface area contributed by atoms with Crippen molar-refractivity contribution in [3.8, 4) is 0 Å². The molecule has 0 aliphatic carbocycles. The molecule has 2 aromatic rings. The highest BCUT2D eigenvalue weighted by molar-refractivity contribution is 7.99. The molecule has 0 N–H and O–H groups in total. The Kier molecular flexibility index (Phi) is 4.90. The van der Waals surface area contributed by atoms with Crippen molar-refractivity contribution in [2.45, 2.75) is 29.9 Å². The molecule has 22 heavy (non-hydrogen) atoms. The highest BCUT2D eigenvalue weighted by atomic mass is 32.2. The topological polar surface area (TPSA) is 3.24 Å². The van der Waals surface area contributed by atoms with E-state index in [9.17, 15) is 0 Å². The van der Waals surface area contributed by atoms with Gasteiger partial charge >= 0.3 is 0 Å². The van der Waals surface area contributed by atoms with E-state index < -0.39 is 0 Å². The molecule has 0 amide bonds. The van der Waals surface area contributed by atoms with Gasteiger partial charge < -0.3 is 4.90 Å². The summed E-state index contributed by atoms with van der Waals surface area (Å²) in [6.45, 7) is 2.41. The number of hydrogen-bond donors (Lipinski definition) is 0. The summed E-state index contributed by atoms with van der Waals surface area (Å²) in [6.07, 6.45) is 1.23. The van der Waals surface area contributed by atoms with Crippen molar-refractivity contribution in [2.24, 2.45) is 5.92 Å². The van der Waals surface area contributed by atoms with Crippen LogP contribution in [0.5, 0.6) is 0 Å². The summed E-state index contributed by atoms with van der Waals surface area (Å²) in [6, 6.07) is 22.6. The quantitative estimate of drug-likeness (QED) is 0.769. The lowest BCUT2D eigenvalue weighted by Crippen LogP contribution is -2.40. The average Bonchev–Trinajstić information content (AvgIpc) is 2.56. The first-order valence-corrected chi connectivity index (χ1v) is 9.03. The van der Waals surface area contributed by atoms with E-state index in [1.165, 1.54) is 17.5 Å². The molecule has 0 bridgehead atoms. The summed E-state index contributed by atoms with van der Waals surface area (Å²) >= 11 is 2.14. The van der Waals surface area contributed by atoms with Gasteiger partial charge in [0.1, 0.15) is 0 Å². The number of benzene rings is 2. The smallest absolute Gasteiger partial charge is 0.0343 e. The van der Waals surface area contributed by atoms with Crippen LogP contribution in [0.25, 0.3) is 0 Å². The molecular weight excluding hydrogens is 286 g/mol. The second-order valence-electron chi connectivity index (χ2n) is 6.49. The standard InChI is InChI=1S/C20H25NS/c1-15-18(21(2)3)14-19(16-10-6-4-7-11-16)22-20(15)17-12-8-5-9-13-17/h4-13,15,18-20H,14H2,1-3H3/t15-,18+,19+,20-/m1/s1. The van der Waals surface area contributed by atoms with Gasteiger partial charge in [-0.25, -0.2) is 0 Å². The third-order valence-corrected chi connectivity index (χ3v) is 6.60. The highest BCUT2D eigenvalue weighted by Gasteiger charge is 2.37. The number of thioether (sulfide) groups is 1. The first-order chi connectivity index (χ1) is 10.7. The lowest BCUT2D eigenvalue weighted by molar-refractivity contribution is 0.195. The van der Waals surface area contributed by atoms with Crippen LogP contribution in [0, 0.1) is 5.92 Å². The third-order valence-electron chi connectivity index (χ3n) is 4.81. The Balaban J connectivity index is 1.92. The summed E-state index contributed by atoms with van der Waals surface area (Å²) in [7, 11) is 4.45. The Morgan fingerprint density at radius 1 is 0.864 bits per heavy atom. The highest BCUT2D eigenvalue weighted by Crippen LogP contribution is 2.53. The van der Waals surface area contributed by atoms with E-state index in [4.69, 9.17) is 0 Å². The fourth-order valence-corrected chi connectivity index (χ4v) is 5.30. The first kappa shape index (κ1) is 15.6. The van der Waals surface area contributed by atoms with Crippen molar-refractivity contribution < 1.29 is 0 Å². The second kappa shape index (κ2) is 6.89. The summed E-state index contributed by atoms with van der Waals surface area (Å²) in [5, 5.41) is 1.14. The Labute approximate surface area is 138 Å². The van der Waals surface area contributed by atoms with E-state index in [-0.39, 0.29) is 0 Å². The molecule has 1 aliphatic rings. The van der Waals surface area contributed by atoms with Crippen LogP contribution in [-0.4, -0.2) is 25.0 Å². The zero-order valence-electron chi connectivity index (χ0n) is 13.6. The zero-order chi connectivity index (χ0) is 15.5. The molecule has 116 valence electrons. The average molecular weight is 311 g/mol. The van der Waals surface area contributed by atoms with Crippen molar-refractivity contribution in [1.29, 1.82) is 0 Å². The monoisotopic (exact) mass is 311 g/mol. The van der Waals surface area contributed by atoms with Gasteiger partial charge in [0.2, 0.25) is 0 Å². The van der Waals surface area contributed by atoms with Crippen LogP contribution >= 0.6 is 11.8 Å². The van der Waals surface area contributed by atoms with Crippen LogP contribution < -0.4 is 0 Å². The van der Waals surface area contributed by atoms with Gasteiger partial charge in [-0.2, -0.15) is 0 Å². The molecule has 1 nitrogen and oxygen atoms in total. The van der Waals surface area contributed by atoms with Crippen LogP contribution in [0.15, 0.2) is 60.7 Å². The molecule has 4 atom stereocenters. The Morgan fingerprint density at radius 3 is 1.95 bits per heavy atom. The van der Waals surface area contributed by atoms with Gasteiger partial charge in [0, 0.05) is 16.5 Å². The van der Waals surface area contributed by atoms with Gasteiger partial charge in [-0.15, -0.1) is 11.8 Å². The summed E-state index contributed by atoms with van der Waals surface area (Å²) < 4.78 is 0. The van der Waals surface area contributed by atoms with Crippen molar-refractivity contribution >= 4 is 11.8 Å². The molecule has 2 aromatic carbocycles. The molecule has 3 rings (SSSR count). The minimum Gasteiger partial charge on any atom is -0.306 e. The molecule has 0 spiro atoms. The SMILES string of the molecule is C[C@H]1[C@H](c2ccccc2)S[C@H](c2ccccc2)C[C@@H]1N(C)C. The minimum atomic E-state index is 0.563. The van der Waals surface area contributed by atoms with E-state index in [1.54, 1.807) is 0 Å². The largest absolute Gasteiger partial charge is 0.306 e. The van der Waals surface area contributed by atoms with Crippen molar-refractivity contribution in [3.63, 3.8) is 0 Å². The van der Waals surface area contributed by atoms with Gasteiger partial charge in [0.05, 0.1) is 0 Å². The maximum Gasteiger partial charge on any atom is 0.0343 e. The Morgan fingerprint density at radius 2 is 1.41 bits per heavy atom. The molecule has 0 aromatic heterocycles. The van der Waals surface area contributed by atoms with Gasteiger partial charge in [-0.1, -0.05) is 67.6 Å². The molecule has 1 saturated heterocycles. The number of nitrogens with zero attached hydrogens (tertiary/aromatic N) is 1. The molecule has 1 fully saturated rings. The molecule has 2 heteroatoms. The molecular formula is C20H25NS. The van der Waals surface area contributed by atoms with E-state index in [2.05, 4.69) is 98.3 Å². The van der Waals surface area contributed by atoms with E-state index >= 15 is 0 Å². The van der Waals surface area contributed by atoms with Crippen LogP contribution in [0.3, 0.4) is 0 Å². The summed E-state index contributed by atoms with van der Waals surface area (Å²) in [4.78, 5) is 2.41. The third kappa shape index (κ3) is 3.23. The van der Waals surface area contributed by atoms with Gasteiger partial charge in [-0.05, 0) is 37.6 Å². The van der Waals surface area contributed by atoms with Crippen LogP contribution in [0.4, 0.5) is 0 Å². The Bertz CT molecular complexity index is 581. The van der Waals surface area contributed by atoms with E-state index in [0.717, 1.165) is 0 Å². The van der Waals surface area contributed by atoms with Crippen molar-refractivity contribution in [3.05, 3.63) is 71.8 Å². The van der Waals surface area contributed by atoms with E-state index in [0.29, 0.717) is 22.5 Å².